The Labute approximate surface area is 453 Å². The molecule has 0 radical (unpaired) electrons. The van der Waals surface area contributed by atoms with E-state index >= 15 is 0 Å². The van der Waals surface area contributed by atoms with E-state index in [-0.39, 0.29) is 96.3 Å². The second kappa shape index (κ2) is 28.9. The third kappa shape index (κ3) is 16.7. The van der Waals surface area contributed by atoms with Gasteiger partial charge in [-0.25, -0.2) is 0 Å². The molecule has 4 heterocycles. The van der Waals surface area contributed by atoms with Crippen molar-refractivity contribution in [3.63, 3.8) is 0 Å². The zero-order valence-electron chi connectivity index (χ0n) is 44.5. The molecule has 3 saturated heterocycles. The van der Waals surface area contributed by atoms with Gasteiger partial charge in [-0.2, -0.15) is 0 Å². The smallest absolute Gasteiger partial charge is 0.246 e. The minimum atomic E-state index is -1.46. The highest BCUT2D eigenvalue weighted by Crippen LogP contribution is 2.27. The SMILES string of the molecule is CCCC[C@H](NC(C)=O)C(=O)N[C@H]1CC(=O)NCCCC[C@@H](C(N)=O)NC(=O)[C@H](Cc2c[nH]c3ccccc23)NC(=O)[C@H](CCCN=C(N)N)NC(=O)[C@@H](Cc2ccccc2)NC(=O)[C@@H]2CCCN2C(=O)[C@@H]2CCCN2C1=O. The summed E-state index contributed by atoms with van der Waals surface area (Å²) in [4.78, 5) is 150. The summed E-state index contributed by atoms with van der Waals surface area (Å²) < 4.78 is 0. The molecule has 3 aromatic rings. The summed E-state index contributed by atoms with van der Waals surface area (Å²) in [7, 11) is 0. The van der Waals surface area contributed by atoms with Crippen LogP contribution in [-0.4, -0.2) is 154 Å². The van der Waals surface area contributed by atoms with Crippen molar-refractivity contribution in [2.24, 2.45) is 22.2 Å². The Morgan fingerprint density at radius 3 is 2.06 bits per heavy atom. The molecule has 1 aromatic heterocycles. The van der Waals surface area contributed by atoms with Crippen LogP contribution in [0.2, 0.25) is 0 Å². The number of unbranched alkanes of at least 4 members (excludes halogenated alkanes) is 1. The van der Waals surface area contributed by atoms with Crippen LogP contribution in [0.3, 0.4) is 0 Å². The van der Waals surface area contributed by atoms with E-state index in [1.807, 2.05) is 31.2 Å². The molecule has 3 fully saturated rings. The van der Waals surface area contributed by atoms with E-state index in [1.54, 1.807) is 36.5 Å². The largest absolute Gasteiger partial charge is 0.370 e. The zero-order chi connectivity index (χ0) is 56.3. The fourth-order valence-electron chi connectivity index (χ4n) is 10.3. The van der Waals surface area contributed by atoms with Crippen LogP contribution in [0.25, 0.3) is 10.9 Å². The molecule has 8 atom stereocenters. The van der Waals surface area contributed by atoms with Crippen molar-refractivity contribution in [1.82, 2.24) is 52.0 Å². The third-order valence-electron chi connectivity index (χ3n) is 14.3. The first-order chi connectivity index (χ1) is 37.4. The highest BCUT2D eigenvalue weighted by molar-refractivity contribution is 5.99. The molecule has 0 bridgehead atoms. The lowest BCUT2D eigenvalue weighted by molar-refractivity contribution is -0.148. The van der Waals surface area contributed by atoms with E-state index < -0.39 is 114 Å². The van der Waals surface area contributed by atoms with Crippen LogP contribution in [0.15, 0.2) is 65.8 Å². The van der Waals surface area contributed by atoms with Gasteiger partial charge in [0.25, 0.3) is 0 Å². The number of fused-ring (bicyclic) bond motifs is 3. The number of aliphatic imine (C=N–C) groups is 1. The van der Waals surface area contributed by atoms with Crippen LogP contribution in [0.4, 0.5) is 0 Å². The molecule has 0 spiro atoms. The van der Waals surface area contributed by atoms with Gasteiger partial charge in [-0.1, -0.05) is 68.3 Å². The first-order valence-electron chi connectivity index (χ1n) is 27.0. The molecular formula is C54H76N14O10. The van der Waals surface area contributed by atoms with Crippen LogP contribution in [0, 0.1) is 0 Å². The third-order valence-corrected chi connectivity index (χ3v) is 14.3. The zero-order valence-corrected chi connectivity index (χ0v) is 44.5. The molecule has 10 amide bonds. The van der Waals surface area contributed by atoms with Crippen LogP contribution >= 0.6 is 0 Å². The van der Waals surface area contributed by atoms with E-state index in [0.29, 0.717) is 36.8 Å². The summed E-state index contributed by atoms with van der Waals surface area (Å²) in [5.74, 6) is -6.95. The predicted octanol–water partition coefficient (Wildman–Crippen LogP) is -0.717. The number of nitrogens with two attached hydrogens (primary N) is 3. The molecule has 0 aliphatic carbocycles. The number of nitrogens with one attached hydrogen (secondary N) is 8. The molecule has 0 saturated carbocycles. The number of guanidine groups is 1. The molecule has 78 heavy (non-hydrogen) atoms. The van der Waals surface area contributed by atoms with Crippen molar-refractivity contribution < 1.29 is 47.9 Å². The van der Waals surface area contributed by atoms with Crippen molar-refractivity contribution in [2.45, 2.75) is 158 Å². The summed E-state index contributed by atoms with van der Waals surface area (Å²) in [6.07, 6.45) is 4.67. The maximum atomic E-state index is 14.7. The summed E-state index contributed by atoms with van der Waals surface area (Å²) in [5.41, 5.74) is 19.1. The number of carbonyl (C=O) groups excluding carboxylic acids is 10. The number of aromatic amines is 1. The van der Waals surface area contributed by atoms with E-state index in [1.165, 1.54) is 16.7 Å². The number of H-pyrrole nitrogens is 1. The molecule has 0 unspecified atom stereocenters. The maximum absolute atomic E-state index is 14.7. The number of hydrogen-bond acceptors (Lipinski definition) is 11. The Kier molecular flexibility index (Phi) is 21.9. The Bertz CT molecular complexity index is 2660. The van der Waals surface area contributed by atoms with E-state index in [0.717, 1.165) is 10.9 Å². The summed E-state index contributed by atoms with van der Waals surface area (Å²) in [5, 5.41) is 20.1. The standard InChI is InChI=1S/C54H76N14O10/c1-3-4-18-38(61-32(2)69)47(72)66-42-30-45(70)58-24-11-10-20-37(46(55)71)62-50(75)41(29-34-31-60-36-19-9-8-17-35(34)36)64-48(73)39(21-12-25-59-54(56)57)63-49(74)40(28-33-15-6-5-7-16-33)65-51(76)43-22-13-26-67(43)53(78)44-23-14-27-68(44)52(42)77/h5-9,15-17,19,31,37-44,60H,3-4,10-14,18,20-30H2,1-2H3,(H2,55,71)(H,58,70)(H,61,69)(H,62,75)(H,63,74)(H,64,73)(H,65,76)(H,66,72)(H4,56,57,59)/t37-,38-,39-,40+,41-,42-,43-,44-/m0/s1. The number of amides is 10. The molecule has 422 valence electrons. The quantitative estimate of drug-likeness (QED) is 0.0511. The molecular weight excluding hydrogens is 1000 g/mol. The Morgan fingerprint density at radius 2 is 1.36 bits per heavy atom. The normalized spacial score (nSPS) is 23.9. The molecule has 2 aromatic carbocycles. The number of para-hydroxylation sites is 1. The van der Waals surface area contributed by atoms with Crippen LogP contribution in [0.5, 0.6) is 0 Å². The molecule has 14 N–H and O–H groups in total. The first kappa shape index (κ1) is 59.2. The average Bonchev–Trinajstić information content (AvgIpc) is 4.23. The highest BCUT2D eigenvalue weighted by Gasteiger charge is 2.45. The lowest BCUT2D eigenvalue weighted by Crippen LogP contribution is -2.60. The number of aromatic nitrogens is 1. The van der Waals surface area contributed by atoms with Gasteiger partial charge in [0.2, 0.25) is 59.1 Å². The van der Waals surface area contributed by atoms with Gasteiger partial charge in [0.15, 0.2) is 5.96 Å². The van der Waals surface area contributed by atoms with E-state index in [2.05, 4.69) is 47.2 Å². The first-order valence-corrected chi connectivity index (χ1v) is 27.0. The Morgan fingerprint density at radius 1 is 0.718 bits per heavy atom. The van der Waals surface area contributed by atoms with Crippen LogP contribution < -0.4 is 54.4 Å². The second-order valence-electron chi connectivity index (χ2n) is 20.2. The van der Waals surface area contributed by atoms with E-state index in [4.69, 9.17) is 17.2 Å². The number of rotatable bonds is 15. The lowest BCUT2D eigenvalue weighted by Gasteiger charge is -2.33. The van der Waals surface area contributed by atoms with Gasteiger partial charge < -0.3 is 69.2 Å². The minimum absolute atomic E-state index is 0.0248. The van der Waals surface area contributed by atoms with Crippen LogP contribution in [-0.2, 0) is 60.8 Å². The fraction of sp³-hybridized carbons (Fsp3) is 0.537. The van der Waals surface area contributed by atoms with E-state index in [9.17, 15) is 47.9 Å². The van der Waals surface area contributed by atoms with Gasteiger partial charge in [0.1, 0.15) is 48.3 Å². The van der Waals surface area contributed by atoms with Gasteiger partial charge in [-0.15, -0.1) is 0 Å². The van der Waals surface area contributed by atoms with Gasteiger partial charge >= 0.3 is 0 Å². The average molecular weight is 1080 g/mol. The van der Waals surface area contributed by atoms with Crippen molar-refractivity contribution in [2.75, 3.05) is 26.2 Å². The summed E-state index contributed by atoms with van der Waals surface area (Å²) in [6, 6.07) is 6.44. The molecule has 3 aliphatic heterocycles. The van der Waals surface area contributed by atoms with Crippen molar-refractivity contribution in [3.05, 3.63) is 71.9 Å². The number of benzene rings is 2. The van der Waals surface area contributed by atoms with Gasteiger partial charge in [-0.05, 0) is 81.4 Å². The Balaban J connectivity index is 1.35. The topological polar surface area (TPSA) is 368 Å². The second-order valence-corrected chi connectivity index (χ2v) is 20.2. The van der Waals surface area contributed by atoms with Crippen LogP contribution in [0.1, 0.15) is 108 Å². The van der Waals surface area contributed by atoms with Gasteiger partial charge in [0.05, 0.1) is 6.42 Å². The number of carbonyl (C=O) groups is 10. The summed E-state index contributed by atoms with van der Waals surface area (Å²) in [6.45, 7) is 3.60. The van der Waals surface area contributed by atoms with Crippen molar-refractivity contribution >= 4 is 75.9 Å². The lowest BCUT2D eigenvalue weighted by atomic mass is 10.0. The highest BCUT2D eigenvalue weighted by atomic mass is 16.2. The maximum Gasteiger partial charge on any atom is 0.246 e. The van der Waals surface area contributed by atoms with Gasteiger partial charge in [-0.3, -0.25) is 52.9 Å². The Hall–Kier alpha value is -8.05. The monoisotopic (exact) mass is 1080 g/mol. The van der Waals surface area contributed by atoms with Crippen molar-refractivity contribution in [3.8, 4) is 0 Å². The summed E-state index contributed by atoms with van der Waals surface area (Å²) >= 11 is 0. The number of hydrogen-bond donors (Lipinski definition) is 11. The van der Waals surface area contributed by atoms with Crippen molar-refractivity contribution in [1.29, 1.82) is 0 Å². The molecule has 6 rings (SSSR count). The predicted molar refractivity (Wildman–Crippen MR) is 289 cm³/mol. The molecule has 3 aliphatic rings. The molecule has 24 heteroatoms. The number of primary amides is 1. The number of nitrogens with zero attached hydrogens (tertiary/aromatic N) is 3. The minimum Gasteiger partial charge on any atom is -0.370 e. The fourth-order valence-corrected chi connectivity index (χ4v) is 10.3. The molecule has 24 nitrogen and oxygen atoms in total. The van der Waals surface area contributed by atoms with Gasteiger partial charge in [0, 0.05) is 63.0 Å².